The number of allylic oxidation sites excluding steroid dienone is 3. The smallest absolute Gasteiger partial charge is 0.161 e. The summed E-state index contributed by atoms with van der Waals surface area (Å²) >= 11 is 0. The fourth-order valence-electron chi connectivity index (χ4n) is 5.51. The van der Waals surface area contributed by atoms with Crippen LogP contribution in [-0.4, -0.2) is 92.8 Å². The lowest BCUT2D eigenvalue weighted by molar-refractivity contribution is 0.313. The van der Waals surface area contributed by atoms with E-state index in [4.69, 9.17) is 4.98 Å². The first kappa shape index (κ1) is 25.4. The van der Waals surface area contributed by atoms with E-state index in [1.807, 2.05) is 31.3 Å². The van der Waals surface area contributed by atoms with Crippen LogP contribution in [0.1, 0.15) is 25.5 Å². The lowest BCUT2D eigenvalue weighted by atomic mass is 10.0. The second kappa shape index (κ2) is 10.7. The molecule has 202 valence electrons. The van der Waals surface area contributed by atoms with Crippen LogP contribution in [0.15, 0.2) is 49.0 Å². The van der Waals surface area contributed by atoms with Crippen molar-refractivity contribution in [1.29, 1.82) is 0 Å². The molecule has 2 aliphatic heterocycles. The van der Waals surface area contributed by atoms with Gasteiger partial charge in [-0.25, -0.2) is 9.37 Å². The van der Waals surface area contributed by atoms with Gasteiger partial charge in [-0.1, -0.05) is 18.7 Å². The van der Waals surface area contributed by atoms with E-state index < -0.39 is 5.82 Å². The number of likely N-dealkylation sites (tertiary alicyclic amines) is 1. The van der Waals surface area contributed by atoms with E-state index in [1.165, 1.54) is 12.8 Å². The second-order valence-corrected chi connectivity index (χ2v) is 10.4. The molecule has 4 aromatic rings. The number of imidazole rings is 1. The number of rotatable bonds is 7. The molecule has 39 heavy (non-hydrogen) atoms. The number of likely N-dealkylation sites (N-methyl/N-ethyl adjacent to an activating group) is 1. The maximum absolute atomic E-state index is 16.2. The van der Waals surface area contributed by atoms with Crippen molar-refractivity contribution in [3.05, 3.63) is 60.5 Å². The molecule has 6 rings (SSSR count). The molecule has 0 unspecified atom stereocenters. The van der Waals surface area contributed by atoms with E-state index >= 15 is 4.39 Å². The summed E-state index contributed by atoms with van der Waals surface area (Å²) in [6.07, 6.45) is 13.4. The number of aromatic nitrogens is 6. The minimum Gasteiger partial charge on any atom is -0.366 e. The highest BCUT2D eigenvalue weighted by Gasteiger charge is 2.23. The van der Waals surface area contributed by atoms with Gasteiger partial charge < -0.3 is 14.8 Å². The Morgan fingerprint density at radius 3 is 2.62 bits per heavy atom. The molecule has 10 heteroatoms. The van der Waals surface area contributed by atoms with Gasteiger partial charge in [0.05, 0.1) is 40.7 Å². The second-order valence-electron chi connectivity index (χ2n) is 10.4. The highest BCUT2D eigenvalue weighted by molar-refractivity contribution is 5.97. The Morgan fingerprint density at radius 2 is 1.87 bits per heavy atom. The van der Waals surface area contributed by atoms with Crippen LogP contribution in [0, 0.1) is 5.82 Å². The third kappa shape index (κ3) is 4.86. The van der Waals surface area contributed by atoms with Crippen LogP contribution in [0.5, 0.6) is 0 Å². The first-order valence-electron chi connectivity index (χ1n) is 13.6. The molecule has 9 nitrogen and oxygen atoms in total. The van der Waals surface area contributed by atoms with Gasteiger partial charge >= 0.3 is 0 Å². The minimum absolute atomic E-state index is 0.282. The number of fused-ring (bicyclic) bond motifs is 2. The SMILES string of the molecule is C=C/C(=C\C(=C/C)c1ncc2[nH]nc(-c3nc4c(N5CCN(C)CC5)cncc4[nH]3)c2c1F)CN1CCCC1. The highest BCUT2D eigenvalue weighted by Crippen LogP contribution is 2.33. The number of H-pyrrole nitrogens is 2. The van der Waals surface area contributed by atoms with Gasteiger partial charge in [-0.15, -0.1) is 0 Å². The predicted molar refractivity (Wildman–Crippen MR) is 154 cm³/mol. The predicted octanol–water partition coefficient (Wildman–Crippen LogP) is 4.40. The Hall–Kier alpha value is -3.89. The average molecular weight is 528 g/mol. The fourth-order valence-corrected chi connectivity index (χ4v) is 5.51. The van der Waals surface area contributed by atoms with Crippen molar-refractivity contribution in [2.24, 2.45) is 0 Å². The van der Waals surface area contributed by atoms with Crippen molar-refractivity contribution in [3.8, 4) is 11.5 Å². The largest absolute Gasteiger partial charge is 0.366 e. The normalized spacial score (nSPS) is 18.1. The minimum atomic E-state index is -0.428. The number of halogens is 1. The molecule has 0 spiro atoms. The number of anilines is 1. The van der Waals surface area contributed by atoms with Crippen molar-refractivity contribution < 1.29 is 4.39 Å². The molecule has 0 saturated carbocycles. The molecule has 2 N–H and O–H groups in total. The van der Waals surface area contributed by atoms with Crippen LogP contribution in [0.4, 0.5) is 10.1 Å². The summed E-state index contributed by atoms with van der Waals surface area (Å²) in [7, 11) is 2.13. The zero-order valence-electron chi connectivity index (χ0n) is 22.5. The van der Waals surface area contributed by atoms with Crippen molar-refractivity contribution in [3.63, 3.8) is 0 Å². The zero-order valence-corrected chi connectivity index (χ0v) is 22.5. The van der Waals surface area contributed by atoms with E-state index in [1.54, 1.807) is 12.4 Å². The van der Waals surface area contributed by atoms with Crippen LogP contribution in [-0.2, 0) is 0 Å². The van der Waals surface area contributed by atoms with Crippen molar-refractivity contribution in [2.45, 2.75) is 19.8 Å². The Kier molecular flexibility index (Phi) is 6.97. The number of piperazine rings is 1. The Labute approximate surface area is 227 Å². The number of hydrogen-bond donors (Lipinski definition) is 2. The van der Waals surface area contributed by atoms with Crippen LogP contribution in [0.25, 0.3) is 39.0 Å². The summed E-state index contributed by atoms with van der Waals surface area (Å²) in [5, 5.41) is 7.75. The van der Waals surface area contributed by atoms with E-state index in [0.717, 1.165) is 68.1 Å². The molecular weight excluding hydrogens is 493 g/mol. The molecule has 0 bridgehead atoms. The number of aromatic amines is 2. The molecule has 6 heterocycles. The van der Waals surface area contributed by atoms with Crippen molar-refractivity contribution in [2.75, 3.05) is 57.8 Å². The number of nitrogens with one attached hydrogen (secondary N) is 2. The molecular formula is C29H34FN9. The fraction of sp³-hybridized carbons (Fsp3) is 0.379. The van der Waals surface area contributed by atoms with Crippen LogP contribution < -0.4 is 4.90 Å². The monoisotopic (exact) mass is 527 g/mol. The molecule has 0 amide bonds. The van der Waals surface area contributed by atoms with Crippen molar-refractivity contribution >= 4 is 33.2 Å². The van der Waals surface area contributed by atoms with Gasteiger partial charge in [-0.05, 0) is 57.1 Å². The summed E-state index contributed by atoms with van der Waals surface area (Å²) < 4.78 is 16.2. The average Bonchev–Trinajstić information content (AvgIpc) is 3.71. The Balaban J connectivity index is 1.38. The lowest BCUT2D eigenvalue weighted by Crippen LogP contribution is -2.44. The van der Waals surface area contributed by atoms with Crippen molar-refractivity contribution in [1.82, 2.24) is 39.9 Å². The molecule has 0 aromatic carbocycles. The molecule has 0 aliphatic carbocycles. The molecule has 0 atom stereocenters. The van der Waals surface area contributed by atoms with Gasteiger partial charge in [0.15, 0.2) is 11.6 Å². The first-order chi connectivity index (χ1) is 19.1. The maximum Gasteiger partial charge on any atom is 0.161 e. The summed E-state index contributed by atoms with van der Waals surface area (Å²) in [5.74, 6) is 0.0668. The Bertz CT molecular complexity index is 1570. The van der Waals surface area contributed by atoms with Crippen LogP contribution in [0.2, 0.25) is 0 Å². The summed E-state index contributed by atoms with van der Waals surface area (Å²) in [6, 6.07) is 0. The van der Waals surface area contributed by atoms with Crippen LogP contribution in [0.3, 0.4) is 0 Å². The third-order valence-electron chi connectivity index (χ3n) is 7.78. The standard InChI is InChI=1S/C29H34FN9/c1-4-19(18-38-8-6-7-9-38)14-20(5-2)26-25(30)24-21(16-32-26)35-36-28(24)29-33-22-15-31-17-23(27(22)34-29)39-12-10-37(3)11-13-39/h4-5,14-17H,1,6-13,18H2,2-3H3,(H,33,34)(H,35,36)/b19-14+,20-5+. The van der Waals surface area contributed by atoms with Gasteiger partial charge in [0.25, 0.3) is 0 Å². The van der Waals surface area contributed by atoms with Gasteiger partial charge in [0, 0.05) is 32.7 Å². The van der Waals surface area contributed by atoms with E-state index in [9.17, 15) is 0 Å². The van der Waals surface area contributed by atoms with Gasteiger partial charge in [-0.2, -0.15) is 5.10 Å². The summed E-state index contributed by atoms with van der Waals surface area (Å²) in [5.41, 5.74) is 5.55. The summed E-state index contributed by atoms with van der Waals surface area (Å²) in [4.78, 5) is 24.1. The molecule has 2 fully saturated rings. The number of pyridine rings is 2. The van der Waals surface area contributed by atoms with E-state index in [2.05, 4.69) is 53.5 Å². The highest BCUT2D eigenvalue weighted by atomic mass is 19.1. The van der Waals surface area contributed by atoms with Gasteiger partial charge in [0.2, 0.25) is 0 Å². The maximum atomic E-state index is 16.2. The molecule has 0 radical (unpaired) electrons. The molecule has 2 saturated heterocycles. The lowest BCUT2D eigenvalue weighted by Gasteiger charge is -2.33. The number of hydrogen-bond acceptors (Lipinski definition) is 7. The quantitative estimate of drug-likeness (QED) is 0.344. The molecule has 4 aromatic heterocycles. The van der Waals surface area contributed by atoms with E-state index in [0.29, 0.717) is 28.0 Å². The first-order valence-corrected chi connectivity index (χ1v) is 13.6. The topological polar surface area (TPSA) is 92.9 Å². The van der Waals surface area contributed by atoms with E-state index in [-0.39, 0.29) is 5.69 Å². The number of nitrogens with zero attached hydrogens (tertiary/aromatic N) is 7. The Morgan fingerprint density at radius 1 is 1.08 bits per heavy atom. The van der Waals surface area contributed by atoms with Gasteiger partial charge in [0.1, 0.15) is 16.9 Å². The molecule has 2 aliphatic rings. The third-order valence-corrected chi connectivity index (χ3v) is 7.78. The summed E-state index contributed by atoms with van der Waals surface area (Å²) in [6.45, 7) is 12.6. The van der Waals surface area contributed by atoms with Gasteiger partial charge in [-0.3, -0.25) is 20.0 Å². The zero-order chi connectivity index (χ0) is 26.9. The van der Waals surface area contributed by atoms with Crippen LogP contribution >= 0.6 is 0 Å².